The second kappa shape index (κ2) is 7.28. The molecular formula is C15H20N4OS. The van der Waals surface area contributed by atoms with Crippen LogP contribution in [0.3, 0.4) is 0 Å². The fourth-order valence-corrected chi connectivity index (χ4v) is 2.94. The highest BCUT2D eigenvalue weighted by Crippen LogP contribution is 2.20. The summed E-state index contributed by atoms with van der Waals surface area (Å²) < 4.78 is 0. The van der Waals surface area contributed by atoms with Gasteiger partial charge < -0.3 is 5.32 Å². The molecule has 2 heterocycles. The second-order valence-corrected chi connectivity index (χ2v) is 5.60. The first-order chi connectivity index (χ1) is 10.1. The van der Waals surface area contributed by atoms with Crippen molar-refractivity contribution in [1.29, 1.82) is 0 Å². The number of carbonyl (C=O) groups is 1. The number of nitrogens with one attached hydrogen (secondary N) is 1. The molecule has 0 aromatic carbocycles. The Morgan fingerprint density at radius 2 is 2.05 bits per heavy atom. The van der Waals surface area contributed by atoms with Gasteiger partial charge in [0.2, 0.25) is 5.91 Å². The quantitative estimate of drug-likeness (QED) is 0.891. The Morgan fingerprint density at radius 3 is 2.71 bits per heavy atom. The van der Waals surface area contributed by atoms with Crippen LogP contribution in [0.2, 0.25) is 0 Å². The highest BCUT2D eigenvalue weighted by atomic mass is 32.1. The lowest BCUT2D eigenvalue weighted by molar-refractivity contribution is -0.116. The molecule has 1 amide bonds. The van der Waals surface area contributed by atoms with Crippen LogP contribution in [-0.2, 0) is 17.9 Å². The van der Waals surface area contributed by atoms with Crippen molar-refractivity contribution in [1.82, 2.24) is 15.3 Å². The van der Waals surface area contributed by atoms with Crippen LogP contribution in [-0.4, -0.2) is 22.4 Å². The van der Waals surface area contributed by atoms with Gasteiger partial charge in [-0.25, -0.2) is 4.98 Å². The number of thiazole rings is 1. The SMILES string of the molecule is CCN(C(C)=O)c1nc(CNCc2cccc(C)n2)cs1. The number of pyridine rings is 1. The molecule has 0 unspecified atom stereocenters. The van der Waals surface area contributed by atoms with Crippen LogP contribution in [0.15, 0.2) is 23.6 Å². The minimum atomic E-state index is 0.0234. The molecule has 2 aromatic rings. The lowest BCUT2D eigenvalue weighted by atomic mass is 10.3. The van der Waals surface area contributed by atoms with Crippen LogP contribution >= 0.6 is 11.3 Å². The summed E-state index contributed by atoms with van der Waals surface area (Å²) in [6, 6.07) is 5.99. The average Bonchev–Trinajstić information content (AvgIpc) is 2.88. The summed E-state index contributed by atoms with van der Waals surface area (Å²) in [5.41, 5.74) is 2.98. The highest BCUT2D eigenvalue weighted by Gasteiger charge is 2.13. The zero-order valence-corrected chi connectivity index (χ0v) is 13.4. The summed E-state index contributed by atoms with van der Waals surface area (Å²) >= 11 is 1.50. The molecule has 0 saturated carbocycles. The van der Waals surface area contributed by atoms with Gasteiger partial charge in [0.25, 0.3) is 0 Å². The van der Waals surface area contributed by atoms with E-state index in [1.165, 1.54) is 11.3 Å². The summed E-state index contributed by atoms with van der Waals surface area (Å²) in [7, 11) is 0. The number of nitrogens with zero attached hydrogens (tertiary/aromatic N) is 3. The minimum absolute atomic E-state index is 0.0234. The van der Waals surface area contributed by atoms with E-state index in [0.29, 0.717) is 19.6 Å². The molecule has 21 heavy (non-hydrogen) atoms. The first kappa shape index (κ1) is 15.6. The van der Waals surface area contributed by atoms with Crippen molar-refractivity contribution in [3.63, 3.8) is 0 Å². The van der Waals surface area contributed by atoms with Gasteiger partial charge in [0.15, 0.2) is 5.13 Å². The summed E-state index contributed by atoms with van der Waals surface area (Å²) in [4.78, 5) is 22.1. The largest absolute Gasteiger partial charge is 0.305 e. The molecule has 0 spiro atoms. The molecule has 0 atom stereocenters. The molecule has 0 aliphatic heterocycles. The third-order valence-electron chi connectivity index (χ3n) is 3.03. The number of aromatic nitrogens is 2. The van der Waals surface area contributed by atoms with Crippen molar-refractivity contribution in [2.75, 3.05) is 11.4 Å². The van der Waals surface area contributed by atoms with Crippen molar-refractivity contribution in [2.45, 2.75) is 33.9 Å². The molecule has 2 rings (SSSR count). The van der Waals surface area contributed by atoms with E-state index in [1.807, 2.05) is 37.4 Å². The molecule has 2 aromatic heterocycles. The number of anilines is 1. The van der Waals surface area contributed by atoms with Crippen LogP contribution < -0.4 is 10.2 Å². The fourth-order valence-electron chi connectivity index (χ4n) is 2.01. The predicted molar refractivity (Wildman–Crippen MR) is 85.3 cm³/mol. The average molecular weight is 304 g/mol. The number of rotatable bonds is 6. The van der Waals surface area contributed by atoms with Gasteiger partial charge >= 0.3 is 0 Å². The maximum Gasteiger partial charge on any atom is 0.225 e. The van der Waals surface area contributed by atoms with Gasteiger partial charge in [0.1, 0.15) is 0 Å². The molecule has 5 nitrogen and oxygen atoms in total. The molecule has 0 aliphatic carbocycles. The Kier molecular flexibility index (Phi) is 5.41. The van der Waals surface area contributed by atoms with Crippen LogP contribution in [0.25, 0.3) is 0 Å². The third kappa shape index (κ3) is 4.34. The molecule has 1 N–H and O–H groups in total. The monoisotopic (exact) mass is 304 g/mol. The van der Waals surface area contributed by atoms with E-state index in [2.05, 4.69) is 15.3 Å². The van der Waals surface area contributed by atoms with Gasteiger partial charge in [-0.2, -0.15) is 0 Å². The van der Waals surface area contributed by atoms with Crippen LogP contribution in [0, 0.1) is 6.92 Å². The van der Waals surface area contributed by atoms with Crippen molar-refractivity contribution in [3.05, 3.63) is 40.7 Å². The van der Waals surface area contributed by atoms with E-state index in [9.17, 15) is 4.79 Å². The van der Waals surface area contributed by atoms with Gasteiger partial charge in [-0.15, -0.1) is 11.3 Å². The van der Waals surface area contributed by atoms with E-state index in [0.717, 1.165) is 22.2 Å². The van der Waals surface area contributed by atoms with Gasteiger partial charge in [-0.05, 0) is 26.0 Å². The summed E-state index contributed by atoms with van der Waals surface area (Å²) in [6.45, 7) is 7.51. The van der Waals surface area contributed by atoms with Crippen LogP contribution in [0.4, 0.5) is 5.13 Å². The normalized spacial score (nSPS) is 10.6. The molecular weight excluding hydrogens is 284 g/mol. The molecule has 0 fully saturated rings. The molecule has 6 heteroatoms. The molecule has 0 bridgehead atoms. The van der Waals surface area contributed by atoms with Gasteiger partial charge in [0, 0.05) is 37.6 Å². The van der Waals surface area contributed by atoms with Gasteiger partial charge in [-0.1, -0.05) is 6.07 Å². The lowest BCUT2D eigenvalue weighted by Gasteiger charge is -2.14. The Balaban J connectivity index is 1.89. The predicted octanol–water partition coefficient (Wildman–Crippen LogP) is 2.51. The zero-order chi connectivity index (χ0) is 15.2. The first-order valence-corrected chi connectivity index (χ1v) is 7.84. The highest BCUT2D eigenvalue weighted by molar-refractivity contribution is 7.14. The Labute approximate surface area is 129 Å². The number of amides is 1. The smallest absolute Gasteiger partial charge is 0.225 e. The van der Waals surface area contributed by atoms with E-state index in [4.69, 9.17) is 0 Å². The summed E-state index contributed by atoms with van der Waals surface area (Å²) in [5, 5.41) is 6.07. The number of hydrogen-bond donors (Lipinski definition) is 1. The fraction of sp³-hybridized carbons (Fsp3) is 0.400. The summed E-state index contributed by atoms with van der Waals surface area (Å²) in [6.07, 6.45) is 0. The Morgan fingerprint density at radius 1 is 1.29 bits per heavy atom. The molecule has 112 valence electrons. The van der Waals surface area contributed by atoms with Crippen LogP contribution in [0.1, 0.15) is 30.9 Å². The number of carbonyl (C=O) groups excluding carboxylic acids is 1. The lowest BCUT2D eigenvalue weighted by Crippen LogP contribution is -2.27. The Bertz CT molecular complexity index is 611. The maximum atomic E-state index is 11.5. The number of aryl methyl sites for hydroxylation is 1. The van der Waals surface area contributed by atoms with E-state index in [1.54, 1.807) is 11.8 Å². The molecule has 0 aliphatic rings. The Hall–Kier alpha value is -1.79. The standard InChI is InChI=1S/C15H20N4OS/c1-4-19(12(3)20)15-18-14(10-21-15)9-16-8-13-7-5-6-11(2)17-13/h5-7,10,16H,4,8-9H2,1-3H3. The molecule has 0 radical (unpaired) electrons. The van der Waals surface area contributed by atoms with Crippen molar-refractivity contribution < 1.29 is 4.79 Å². The number of hydrogen-bond acceptors (Lipinski definition) is 5. The van der Waals surface area contributed by atoms with Crippen molar-refractivity contribution in [2.24, 2.45) is 0 Å². The van der Waals surface area contributed by atoms with Crippen molar-refractivity contribution >= 4 is 22.4 Å². The first-order valence-electron chi connectivity index (χ1n) is 6.96. The van der Waals surface area contributed by atoms with Crippen molar-refractivity contribution in [3.8, 4) is 0 Å². The second-order valence-electron chi connectivity index (χ2n) is 4.76. The minimum Gasteiger partial charge on any atom is -0.305 e. The maximum absolute atomic E-state index is 11.5. The third-order valence-corrected chi connectivity index (χ3v) is 3.94. The van der Waals surface area contributed by atoms with Gasteiger partial charge in [0.05, 0.1) is 11.4 Å². The summed E-state index contributed by atoms with van der Waals surface area (Å²) in [5.74, 6) is 0.0234. The van der Waals surface area contributed by atoms with E-state index < -0.39 is 0 Å². The molecule has 0 saturated heterocycles. The van der Waals surface area contributed by atoms with E-state index in [-0.39, 0.29) is 5.91 Å². The van der Waals surface area contributed by atoms with Crippen LogP contribution in [0.5, 0.6) is 0 Å². The topological polar surface area (TPSA) is 58.1 Å². The zero-order valence-electron chi connectivity index (χ0n) is 12.6. The van der Waals surface area contributed by atoms with E-state index >= 15 is 0 Å². The van der Waals surface area contributed by atoms with Gasteiger partial charge in [-0.3, -0.25) is 14.7 Å².